The van der Waals surface area contributed by atoms with Gasteiger partial charge < -0.3 is 14.5 Å². The number of piperazine rings is 1. The number of halogens is 1. The van der Waals surface area contributed by atoms with Crippen molar-refractivity contribution >= 4 is 39.6 Å². The van der Waals surface area contributed by atoms with Crippen molar-refractivity contribution in [3.05, 3.63) is 33.8 Å². The summed E-state index contributed by atoms with van der Waals surface area (Å²) in [6, 6.07) is 5.03. The summed E-state index contributed by atoms with van der Waals surface area (Å²) in [5.41, 5.74) is 0.800. The number of hydrogen-bond acceptors (Lipinski definition) is 5. The molecule has 8 nitrogen and oxygen atoms in total. The first kappa shape index (κ1) is 21.0. The van der Waals surface area contributed by atoms with Crippen LogP contribution >= 0.6 is 15.9 Å². The highest BCUT2D eigenvalue weighted by Crippen LogP contribution is 2.26. The number of imide groups is 1. The van der Waals surface area contributed by atoms with Gasteiger partial charge in [0.1, 0.15) is 6.10 Å². The van der Waals surface area contributed by atoms with Crippen LogP contribution in [0.2, 0.25) is 0 Å². The number of carbonyl (C=O) groups is 4. The predicted molar refractivity (Wildman–Crippen MR) is 111 cm³/mol. The van der Waals surface area contributed by atoms with E-state index in [0.717, 1.165) is 17.3 Å². The summed E-state index contributed by atoms with van der Waals surface area (Å²) < 4.78 is 6.20. The summed E-state index contributed by atoms with van der Waals surface area (Å²) in [5.74, 6) is -0.614. The quantitative estimate of drug-likeness (QED) is 0.602. The molecule has 4 amide bonds. The molecule has 1 aromatic rings. The van der Waals surface area contributed by atoms with Gasteiger partial charge in [-0.3, -0.25) is 24.1 Å². The van der Waals surface area contributed by atoms with E-state index in [4.69, 9.17) is 4.74 Å². The third-order valence-electron chi connectivity index (χ3n) is 5.85. The van der Waals surface area contributed by atoms with E-state index in [1.807, 2.05) is 0 Å². The normalized spacial score (nSPS) is 21.4. The molecule has 3 heterocycles. The van der Waals surface area contributed by atoms with Crippen LogP contribution in [0.25, 0.3) is 0 Å². The molecule has 160 valence electrons. The van der Waals surface area contributed by atoms with E-state index in [2.05, 4.69) is 15.9 Å². The number of carbonyl (C=O) groups excluding carboxylic acids is 4. The first-order chi connectivity index (χ1) is 14.5. The maximum Gasteiger partial charge on any atom is 0.261 e. The maximum absolute atomic E-state index is 12.5. The highest BCUT2D eigenvalue weighted by Gasteiger charge is 2.35. The molecule has 0 bridgehead atoms. The molecule has 1 aromatic carbocycles. The van der Waals surface area contributed by atoms with Crippen LogP contribution in [0.1, 0.15) is 46.4 Å². The van der Waals surface area contributed by atoms with Gasteiger partial charge in [-0.2, -0.15) is 0 Å². The largest absolute Gasteiger partial charge is 0.368 e. The van der Waals surface area contributed by atoms with Crippen molar-refractivity contribution in [1.29, 1.82) is 0 Å². The molecule has 0 aliphatic carbocycles. The monoisotopic (exact) mass is 477 g/mol. The van der Waals surface area contributed by atoms with Crippen LogP contribution < -0.4 is 0 Å². The lowest BCUT2D eigenvalue weighted by Crippen LogP contribution is -2.52. The van der Waals surface area contributed by atoms with Gasteiger partial charge in [-0.15, -0.1) is 0 Å². The van der Waals surface area contributed by atoms with Crippen molar-refractivity contribution in [3.8, 4) is 0 Å². The first-order valence-electron chi connectivity index (χ1n) is 10.3. The van der Waals surface area contributed by atoms with Gasteiger partial charge in [-0.05, 0) is 37.5 Å². The SMILES string of the molecule is O=C(CCCN1C(=O)c2ccc(Br)cc2C1=O)N1CCN(C(=O)C2CCCO2)CC1. The van der Waals surface area contributed by atoms with Gasteiger partial charge in [-0.1, -0.05) is 15.9 Å². The van der Waals surface area contributed by atoms with Crippen LogP contribution in [-0.4, -0.2) is 83.8 Å². The molecule has 1 atom stereocenters. The Hall–Kier alpha value is -2.26. The van der Waals surface area contributed by atoms with Gasteiger partial charge in [0.2, 0.25) is 5.91 Å². The molecule has 0 aromatic heterocycles. The molecule has 0 spiro atoms. The molecule has 3 aliphatic rings. The highest BCUT2D eigenvalue weighted by atomic mass is 79.9. The lowest BCUT2D eigenvalue weighted by Gasteiger charge is -2.35. The van der Waals surface area contributed by atoms with Gasteiger partial charge >= 0.3 is 0 Å². The molecular formula is C21H24BrN3O5. The Labute approximate surface area is 183 Å². The standard InChI is InChI=1S/C21H24BrN3O5/c22-14-5-6-15-16(13-14)20(28)25(19(15)27)7-1-4-18(26)23-8-10-24(11-9-23)21(29)17-3-2-12-30-17/h5-6,13,17H,1-4,7-12H2. The summed E-state index contributed by atoms with van der Waals surface area (Å²) in [5, 5.41) is 0. The van der Waals surface area contributed by atoms with Crippen molar-refractivity contribution in [2.75, 3.05) is 39.3 Å². The van der Waals surface area contributed by atoms with Gasteiger partial charge in [-0.25, -0.2) is 0 Å². The molecule has 2 fully saturated rings. The summed E-state index contributed by atoms with van der Waals surface area (Å²) in [6.45, 7) is 2.87. The zero-order valence-corrected chi connectivity index (χ0v) is 18.2. The number of ether oxygens (including phenoxy) is 1. The molecule has 1 unspecified atom stereocenters. The Morgan fingerprint density at radius 1 is 1.03 bits per heavy atom. The van der Waals surface area contributed by atoms with Crippen molar-refractivity contribution in [2.24, 2.45) is 0 Å². The van der Waals surface area contributed by atoms with E-state index < -0.39 is 0 Å². The highest BCUT2D eigenvalue weighted by molar-refractivity contribution is 9.10. The molecule has 9 heteroatoms. The van der Waals surface area contributed by atoms with Crippen LogP contribution in [0, 0.1) is 0 Å². The Bertz CT molecular complexity index is 875. The first-order valence-corrected chi connectivity index (χ1v) is 11.1. The smallest absolute Gasteiger partial charge is 0.261 e. The third-order valence-corrected chi connectivity index (χ3v) is 6.35. The molecule has 30 heavy (non-hydrogen) atoms. The van der Waals surface area contributed by atoms with E-state index in [-0.39, 0.29) is 42.7 Å². The van der Waals surface area contributed by atoms with Gasteiger partial charge in [0, 0.05) is 50.2 Å². The lowest BCUT2D eigenvalue weighted by atomic mass is 10.1. The zero-order chi connectivity index (χ0) is 21.3. The third kappa shape index (κ3) is 4.13. The zero-order valence-electron chi connectivity index (χ0n) is 16.6. The molecule has 3 aliphatic heterocycles. The number of benzene rings is 1. The van der Waals surface area contributed by atoms with E-state index >= 15 is 0 Å². The fourth-order valence-electron chi connectivity index (χ4n) is 4.16. The fourth-order valence-corrected chi connectivity index (χ4v) is 4.53. The van der Waals surface area contributed by atoms with Crippen LogP contribution in [0.15, 0.2) is 22.7 Å². The summed E-state index contributed by atoms with van der Waals surface area (Å²) in [4.78, 5) is 54.6. The second kappa shape index (κ2) is 8.85. The molecule has 4 rings (SSSR count). The number of hydrogen-bond donors (Lipinski definition) is 0. The second-order valence-electron chi connectivity index (χ2n) is 7.76. The second-order valence-corrected chi connectivity index (χ2v) is 8.68. The topological polar surface area (TPSA) is 87.2 Å². The van der Waals surface area contributed by atoms with Crippen LogP contribution in [0.3, 0.4) is 0 Å². The predicted octanol–water partition coefficient (Wildman–Crippen LogP) is 1.68. The minimum absolute atomic E-state index is 0.0152. The summed E-state index contributed by atoms with van der Waals surface area (Å²) in [7, 11) is 0. The van der Waals surface area contributed by atoms with Crippen molar-refractivity contribution in [1.82, 2.24) is 14.7 Å². The number of fused-ring (bicyclic) bond motifs is 1. The Morgan fingerprint density at radius 3 is 2.43 bits per heavy atom. The molecule has 0 radical (unpaired) electrons. The van der Waals surface area contributed by atoms with Gasteiger partial charge in [0.05, 0.1) is 11.1 Å². The van der Waals surface area contributed by atoms with Crippen molar-refractivity contribution in [3.63, 3.8) is 0 Å². The Balaban J connectivity index is 1.23. The Morgan fingerprint density at radius 2 is 1.73 bits per heavy atom. The minimum Gasteiger partial charge on any atom is -0.368 e. The fraction of sp³-hybridized carbons (Fsp3) is 0.524. The van der Waals surface area contributed by atoms with Crippen LogP contribution in [0.5, 0.6) is 0 Å². The van der Waals surface area contributed by atoms with Gasteiger partial charge in [0.15, 0.2) is 0 Å². The summed E-state index contributed by atoms with van der Waals surface area (Å²) >= 11 is 3.32. The number of rotatable bonds is 5. The molecule has 0 N–H and O–H groups in total. The molecule has 0 saturated carbocycles. The minimum atomic E-state index is -0.326. The number of amides is 4. The van der Waals surface area contributed by atoms with Crippen molar-refractivity contribution < 1.29 is 23.9 Å². The average molecular weight is 478 g/mol. The summed E-state index contributed by atoms with van der Waals surface area (Å²) in [6.07, 6.45) is 2.04. The van der Waals surface area contributed by atoms with Crippen LogP contribution in [0.4, 0.5) is 0 Å². The number of nitrogens with zero attached hydrogens (tertiary/aromatic N) is 3. The van der Waals surface area contributed by atoms with Crippen LogP contribution in [-0.2, 0) is 14.3 Å². The lowest BCUT2D eigenvalue weighted by molar-refractivity contribution is -0.146. The molecular weight excluding hydrogens is 454 g/mol. The van der Waals surface area contributed by atoms with E-state index in [1.54, 1.807) is 28.0 Å². The van der Waals surface area contributed by atoms with Gasteiger partial charge in [0.25, 0.3) is 17.7 Å². The average Bonchev–Trinajstić information content (AvgIpc) is 3.37. The molecule has 2 saturated heterocycles. The van der Waals surface area contributed by atoms with E-state index in [9.17, 15) is 19.2 Å². The van der Waals surface area contributed by atoms with E-state index in [0.29, 0.717) is 50.3 Å². The maximum atomic E-state index is 12.5. The Kier molecular flexibility index (Phi) is 6.19. The van der Waals surface area contributed by atoms with E-state index in [1.165, 1.54) is 4.90 Å². The van der Waals surface area contributed by atoms with Crippen molar-refractivity contribution in [2.45, 2.75) is 31.8 Å².